The van der Waals surface area contributed by atoms with Crippen molar-refractivity contribution >= 4 is 55.1 Å². The minimum absolute atomic E-state index is 0.0428. The number of hydrogen-bond acceptors (Lipinski definition) is 3. The normalized spacial score (nSPS) is 10.9. The lowest BCUT2D eigenvalue weighted by molar-refractivity contribution is 0.104. The van der Waals surface area contributed by atoms with Crippen LogP contribution in [0, 0.1) is 0 Å². The molecule has 0 aliphatic rings. The van der Waals surface area contributed by atoms with Crippen LogP contribution in [0.15, 0.2) is 44.9 Å². The van der Waals surface area contributed by atoms with Crippen molar-refractivity contribution < 1.29 is 4.79 Å². The van der Waals surface area contributed by atoms with E-state index in [-0.39, 0.29) is 5.78 Å². The average Bonchev–Trinajstić information content (AvgIpc) is 2.67. The third-order valence-corrected chi connectivity index (χ3v) is 5.23. The number of nitrogens with zero attached hydrogens (tertiary/aromatic N) is 1. The van der Waals surface area contributed by atoms with Gasteiger partial charge in [-0.3, -0.25) is 9.78 Å². The van der Waals surface area contributed by atoms with Crippen molar-refractivity contribution in [3.8, 4) is 0 Å². The summed E-state index contributed by atoms with van der Waals surface area (Å²) in [6.45, 7) is 0. The first-order chi connectivity index (χ1) is 8.16. The van der Waals surface area contributed by atoms with Crippen molar-refractivity contribution in [2.75, 3.05) is 0 Å². The van der Waals surface area contributed by atoms with Crippen LogP contribution in [0.5, 0.6) is 0 Å². The predicted octanol–water partition coefficient (Wildman–Crippen LogP) is 4.56. The fourth-order valence-electron chi connectivity index (χ4n) is 1.21. The van der Waals surface area contributed by atoms with Gasteiger partial charge in [0.15, 0.2) is 5.78 Å². The van der Waals surface area contributed by atoms with Gasteiger partial charge in [-0.15, -0.1) is 11.3 Å². The zero-order chi connectivity index (χ0) is 12.3. The van der Waals surface area contributed by atoms with Gasteiger partial charge in [0.25, 0.3) is 0 Å². The summed E-state index contributed by atoms with van der Waals surface area (Å²) in [5.74, 6) is -0.0428. The molecule has 0 amide bonds. The Morgan fingerprint density at radius 1 is 1.41 bits per heavy atom. The van der Waals surface area contributed by atoms with Crippen LogP contribution in [0.2, 0.25) is 0 Å². The molecule has 0 aliphatic carbocycles. The Labute approximate surface area is 120 Å². The number of carbonyl (C=O) groups excluding carboxylic acids is 1. The number of pyridine rings is 1. The van der Waals surface area contributed by atoms with Gasteiger partial charge in [0.05, 0.1) is 3.79 Å². The number of ketones is 1. The van der Waals surface area contributed by atoms with Crippen LogP contribution in [0.4, 0.5) is 0 Å². The Kier molecular flexibility index (Phi) is 4.25. The number of rotatable bonds is 3. The smallest absolute Gasteiger partial charge is 0.187 e. The van der Waals surface area contributed by atoms with E-state index in [1.54, 1.807) is 48.0 Å². The Balaban J connectivity index is 2.14. The molecule has 0 fully saturated rings. The number of thiophene rings is 1. The lowest BCUT2D eigenvalue weighted by atomic mass is 10.2. The monoisotopic (exact) mass is 371 g/mol. The molecule has 86 valence electrons. The summed E-state index contributed by atoms with van der Waals surface area (Å²) < 4.78 is 2.02. The highest BCUT2D eigenvalue weighted by Crippen LogP contribution is 2.32. The molecule has 0 radical (unpaired) electrons. The lowest BCUT2D eigenvalue weighted by Gasteiger charge is -1.92. The SMILES string of the molecule is O=C(/C=C/c1cc(Br)c(Br)s1)c1cccnc1. The molecule has 5 heteroatoms. The van der Waals surface area contributed by atoms with E-state index < -0.39 is 0 Å². The lowest BCUT2D eigenvalue weighted by Crippen LogP contribution is -1.93. The Bertz CT molecular complexity index is 544. The van der Waals surface area contributed by atoms with Crippen LogP contribution in [0.3, 0.4) is 0 Å². The van der Waals surface area contributed by atoms with Crippen LogP contribution in [0.25, 0.3) is 6.08 Å². The highest BCUT2D eigenvalue weighted by atomic mass is 79.9. The Morgan fingerprint density at radius 2 is 2.24 bits per heavy atom. The van der Waals surface area contributed by atoms with Crippen molar-refractivity contribution in [1.29, 1.82) is 0 Å². The fraction of sp³-hybridized carbons (Fsp3) is 0. The highest BCUT2D eigenvalue weighted by molar-refractivity contribution is 9.13. The first kappa shape index (κ1) is 12.7. The van der Waals surface area contributed by atoms with Gasteiger partial charge < -0.3 is 0 Å². The number of allylic oxidation sites excluding steroid dienone is 1. The maximum absolute atomic E-state index is 11.8. The summed E-state index contributed by atoms with van der Waals surface area (Å²) >= 11 is 8.38. The molecule has 2 heterocycles. The van der Waals surface area contributed by atoms with Crippen LogP contribution in [-0.2, 0) is 0 Å². The molecule has 17 heavy (non-hydrogen) atoms. The molecule has 0 bridgehead atoms. The zero-order valence-corrected chi connectivity index (χ0v) is 12.5. The molecule has 2 aromatic heterocycles. The Hall–Kier alpha value is -0.780. The molecule has 0 aliphatic heterocycles. The van der Waals surface area contributed by atoms with Crippen LogP contribution >= 0.6 is 43.2 Å². The number of halogens is 2. The van der Waals surface area contributed by atoms with Crippen molar-refractivity contribution in [3.05, 3.63) is 55.4 Å². The topological polar surface area (TPSA) is 30.0 Å². The van der Waals surface area contributed by atoms with Crippen LogP contribution in [0.1, 0.15) is 15.2 Å². The molecule has 2 nitrogen and oxygen atoms in total. The second kappa shape index (κ2) is 5.71. The molecule has 0 saturated carbocycles. The van der Waals surface area contributed by atoms with Crippen molar-refractivity contribution in [2.45, 2.75) is 0 Å². The molecule has 0 N–H and O–H groups in total. The molecular formula is C12H7Br2NOS. The van der Waals surface area contributed by atoms with E-state index in [1.165, 1.54) is 0 Å². The summed E-state index contributed by atoms with van der Waals surface area (Å²) in [7, 11) is 0. The second-order valence-electron chi connectivity index (χ2n) is 3.21. The summed E-state index contributed by atoms with van der Waals surface area (Å²) in [6, 6.07) is 5.46. The molecule has 2 aromatic rings. The van der Waals surface area contributed by atoms with E-state index >= 15 is 0 Å². The van der Waals surface area contributed by atoms with Gasteiger partial charge in [-0.2, -0.15) is 0 Å². The first-order valence-electron chi connectivity index (χ1n) is 4.74. The first-order valence-corrected chi connectivity index (χ1v) is 7.14. The standard InChI is InChI=1S/C12H7Br2NOS/c13-10-6-9(17-12(10)14)3-4-11(16)8-2-1-5-15-7-8/h1-7H/b4-3+. The molecule has 2 rings (SSSR count). The molecule has 0 unspecified atom stereocenters. The minimum Gasteiger partial charge on any atom is -0.289 e. The van der Waals surface area contributed by atoms with Crippen molar-refractivity contribution in [1.82, 2.24) is 4.98 Å². The van der Waals surface area contributed by atoms with Crippen LogP contribution in [-0.4, -0.2) is 10.8 Å². The molecule has 0 spiro atoms. The van der Waals surface area contributed by atoms with Crippen molar-refractivity contribution in [2.24, 2.45) is 0 Å². The molecular weight excluding hydrogens is 366 g/mol. The largest absolute Gasteiger partial charge is 0.289 e. The number of carbonyl (C=O) groups is 1. The van der Waals surface area contributed by atoms with Crippen molar-refractivity contribution in [3.63, 3.8) is 0 Å². The second-order valence-corrected chi connectivity index (χ2v) is 6.47. The van der Waals surface area contributed by atoms with Gasteiger partial charge in [0.1, 0.15) is 0 Å². The summed E-state index contributed by atoms with van der Waals surface area (Å²) in [4.78, 5) is 16.7. The quantitative estimate of drug-likeness (QED) is 0.583. The zero-order valence-electron chi connectivity index (χ0n) is 8.56. The number of hydrogen-bond donors (Lipinski definition) is 0. The molecule has 0 aromatic carbocycles. The van der Waals surface area contributed by atoms with E-state index in [9.17, 15) is 4.79 Å². The van der Waals surface area contributed by atoms with E-state index in [4.69, 9.17) is 0 Å². The van der Waals surface area contributed by atoms with E-state index in [1.807, 2.05) is 6.07 Å². The van der Waals surface area contributed by atoms with Crippen LogP contribution < -0.4 is 0 Å². The summed E-state index contributed by atoms with van der Waals surface area (Å²) in [5.41, 5.74) is 0.596. The van der Waals surface area contributed by atoms with E-state index in [0.29, 0.717) is 5.56 Å². The maximum Gasteiger partial charge on any atom is 0.187 e. The highest BCUT2D eigenvalue weighted by Gasteiger charge is 2.03. The third kappa shape index (κ3) is 3.34. The van der Waals surface area contributed by atoms with Gasteiger partial charge >= 0.3 is 0 Å². The number of aromatic nitrogens is 1. The van der Waals surface area contributed by atoms with Gasteiger partial charge in [-0.05, 0) is 62.2 Å². The third-order valence-electron chi connectivity index (χ3n) is 2.01. The minimum atomic E-state index is -0.0428. The average molecular weight is 373 g/mol. The summed E-state index contributed by atoms with van der Waals surface area (Å²) in [6.07, 6.45) is 6.57. The summed E-state index contributed by atoms with van der Waals surface area (Å²) in [5, 5.41) is 0. The van der Waals surface area contributed by atoms with E-state index in [2.05, 4.69) is 36.8 Å². The van der Waals surface area contributed by atoms with Gasteiger partial charge in [-0.25, -0.2) is 0 Å². The molecule has 0 atom stereocenters. The molecule has 0 saturated heterocycles. The maximum atomic E-state index is 11.8. The van der Waals surface area contributed by atoms with E-state index in [0.717, 1.165) is 13.1 Å². The van der Waals surface area contributed by atoms with Gasteiger partial charge in [0.2, 0.25) is 0 Å². The Morgan fingerprint density at radius 3 is 2.82 bits per heavy atom. The van der Waals surface area contributed by atoms with Gasteiger partial charge in [0, 0.05) is 27.3 Å². The predicted molar refractivity (Wildman–Crippen MR) is 77.3 cm³/mol. The fourth-order valence-corrected chi connectivity index (χ4v) is 3.20. The van der Waals surface area contributed by atoms with Gasteiger partial charge in [-0.1, -0.05) is 0 Å².